The Morgan fingerprint density at radius 1 is 1.42 bits per heavy atom. The predicted octanol–water partition coefficient (Wildman–Crippen LogP) is 3.42. The van der Waals surface area contributed by atoms with Crippen molar-refractivity contribution in [3.05, 3.63) is 24.0 Å². The van der Waals surface area contributed by atoms with Gasteiger partial charge in [-0.25, -0.2) is 4.98 Å². The molecule has 2 aromatic rings. The highest BCUT2D eigenvalue weighted by Gasteiger charge is 2.25. The summed E-state index contributed by atoms with van der Waals surface area (Å²) in [5.41, 5.74) is 2.78. The SMILES string of the molecule is CC(C)c1nc2ccc(NC(=O)C3CCC3)cc2[nH]1. The van der Waals surface area contributed by atoms with Gasteiger partial charge in [0.25, 0.3) is 0 Å². The largest absolute Gasteiger partial charge is 0.342 e. The molecule has 1 saturated carbocycles. The third-order valence-corrected chi connectivity index (χ3v) is 3.79. The molecular weight excluding hydrogens is 238 g/mol. The maximum atomic E-state index is 11.9. The van der Waals surface area contributed by atoms with Gasteiger partial charge in [0.1, 0.15) is 5.82 Å². The number of carbonyl (C=O) groups excluding carboxylic acids is 1. The summed E-state index contributed by atoms with van der Waals surface area (Å²) < 4.78 is 0. The molecule has 1 fully saturated rings. The lowest BCUT2D eigenvalue weighted by atomic mass is 9.85. The molecule has 0 saturated heterocycles. The Bertz CT molecular complexity index is 611. The maximum Gasteiger partial charge on any atom is 0.227 e. The van der Waals surface area contributed by atoms with Gasteiger partial charge in [0.2, 0.25) is 5.91 Å². The lowest BCUT2D eigenvalue weighted by molar-refractivity contribution is -0.122. The van der Waals surface area contributed by atoms with Crippen molar-refractivity contribution in [2.75, 3.05) is 5.32 Å². The summed E-state index contributed by atoms with van der Waals surface area (Å²) in [6.07, 6.45) is 3.22. The number of H-pyrrole nitrogens is 1. The average Bonchev–Trinajstić information content (AvgIpc) is 2.69. The van der Waals surface area contributed by atoms with Crippen molar-refractivity contribution >= 4 is 22.6 Å². The molecular formula is C15H19N3O. The number of fused-ring (bicyclic) bond motifs is 1. The van der Waals surface area contributed by atoms with Crippen LogP contribution in [0.2, 0.25) is 0 Å². The summed E-state index contributed by atoms with van der Waals surface area (Å²) in [7, 11) is 0. The van der Waals surface area contributed by atoms with E-state index in [1.165, 1.54) is 6.42 Å². The number of nitrogens with one attached hydrogen (secondary N) is 2. The van der Waals surface area contributed by atoms with Crippen LogP contribution in [0.5, 0.6) is 0 Å². The van der Waals surface area contributed by atoms with Crippen molar-refractivity contribution in [3.63, 3.8) is 0 Å². The van der Waals surface area contributed by atoms with Crippen molar-refractivity contribution in [2.45, 2.75) is 39.0 Å². The molecule has 0 spiro atoms. The molecule has 1 aromatic carbocycles. The monoisotopic (exact) mass is 257 g/mol. The van der Waals surface area contributed by atoms with Crippen LogP contribution in [-0.2, 0) is 4.79 Å². The molecule has 0 aliphatic heterocycles. The van der Waals surface area contributed by atoms with Crippen LogP contribution in [0.3, 0.4) is 0 Å². The number of carbonyl (C=O) groups is 1. The van der Waals surface area contributed by atoms with E-state index in [2.05, 4.69) is 29.1 Å². The van der Waals surface area contributed by atoms with Crippen LogP contribution < -0.4 is 5.32 Å². The molecule has 1 aliphatic rings. The number of nitrogens with zero attached hydrogens (tertiary/aromatic N) is 1. The summed E-state index contributed by atoms with van der Waals surface area (Å²) in [6, 6.07) is 5.84. The predicted molar refractivity (Wildman–Crippen MR) is 76.2 cm³/mol. The number of hydrogen-bond acceptors (Lipinski definition) is 2. The number of rotatable bonds is 3. The van der Waals surface area contributed by atoms with Gasteiger partial charge in [0.15, 0.2) is 0 Å². The number of hydrogen-bond donors (Lipinski definition) is 2. The number of amides is 1. The molecule has 1 heterocycles. The van der Waals surface area contributed by atoms with Crippen LogP contribution in [-0.4, -0.2) is 15.9 Å². The standard InChI is InChI=1S/C15H19N3O/c1-9(2)14-17-12-7-6-11(8-13(12)18-14)16-15(19)10-4-3-5-10/h6-10H,3-5H2,1-2H3,(H,16,19)(H,17,18). The fraction of sp³-hybridized carbons (Fsp3) is 0.467. The topological polar surface area (TPSA) is 57.8 Å². The fourth-order valence-electron chi connectivity index (χ4n) is 2.30. The highest BCUT2D eigenvalue weighted by Crippen LogP contribution is 2.28. The van der Waals surface area contributed by atoms with Crippen LogP contribution in [0.25, 0.3) is 11.0 Å². The first-order valence-corrected chi connectivity index (χ1v) is 6.94. The van der Waals surface area contributed by atoms with E-state index >= 15 is 0 Å². The van der Waals surface area contributed by atoms with Crippen molar-refractivity contribution in [1.82, 2.24) is 9.97 Å². The van der Waals surface area contributed by atoms with Crippen molar-refractivity contribution in [3.8, 4) is 0 Å². The second-order valence-corrected chi connectivity index (χ2v) is 5.63. The van der Waals surface area contributed by atoms with Gasteiger partial charge in [0, 0.05) is 17.5 Å². The number of anilines is 1. The van der Waals surface area contributed by atoms with Crippen LogP contribution in [0, 0.1) is 5.92 Å². The van der Waals surface area contributed by atoms with E-state index in [1.807, 2.05) is 18.2 Å². The first-order chi connectivity index (χ1) is 9.13. The van der Waals surface area contributed by atoms with E-state index in [4.69, 9.17) is 0 Å². The van der Waals surface area contributed by atoms with Gasteiger partial charge in [-0.05, 0) is 31.0 Å². The minimum atomic E-state index is 0.147. The Morgan fingerprint density at radius 3 is 2.84 bits per heavy atom. The molecule has 100 valence electrons. The summed E-state index contributed by atoms with van der Waals surface area (Å²) >= 11 is 0. The highest BCUT2D eigenvalue weighted by atomic mass is 16.1. The van der Waals surface area contributed by atoms with Gasteiger partial charge in [-0.1, -0.05) is 20.3 Å². The van der Waals surface area contributed by atoms with Gasteiger partial charge in [-0.2, -0.15) is 0 Å². The van der Waals surface area contributed by atoms with E-state index in [0.717, 1.165) is 35.4 Å². The molecule has 3 rings (SSSR count). The first-order valence-electron chi connectivity index (χ1n) is 6.94. The van der Waals surface area contributed by atoms with Gasteiger partial charge in [-0.15, -0.1) is 0 Å². The van der Waals surface area contributed by atoms with E-state index in [0.29, 0.717) is 5.92 Å². The fourth-order valence-corrected chi connectivity index (χ4v) is 2.30. The van der Waals surface area contributed by atoms with E-state index in [1.54, 1.807) is 0 Å². The Labute approximate surface area is 112 Å². The lowest BCUT2D eigenvalue weighted by Crippen LogP contribution is -2.27. The van der Waals surface area contributed by atoms with Crippen molar-refractivity contribution < 1.29 is 4.79 Å². The second-order valence-electron chi connectivity index (χ2n) is 5.63. The molecule has 2 N–H and O–H groups in total. The molecule has 0 radical (unpaired) electrons. The molecule has 0 atom stereocenters. The van der Waals surface area contributed by atoms with Gasteiger partial charge >= 0.3 is 0 Å². The van der Waals surface area contributed by atoms with Gasteiger partial charge in [-0.3, -0.25) is 4.79 Å². The average molecular weight is 257 g/mol. The molecule has 0 unspecified atom stereocenters. The zero-order valence-corrected chi connectivity index (χ0v) is 11.4. The Hall–Kier alpha value is -1.84. The Balaban J connectivity index is 1.82. The van der Waals surface area contributed by atoms with E-state index in [-0.39, 0.29) is 11.8 Å². The smallest absolute Gasteiger partial charge is 0.227 e. The summed E-state index contributed by atoms with van der Waals surface area (Å²) in [5.74, 6) is 1.72. The number of aromatic amines is 1. The number of aromatic nitrogens is 2. The van der Waals surface area contributed by atoms with Crippen molar-refractivity contribution in [1.29, 1.82) is 0 Å². The second kappa shape index (κ2) is 4.68. The lowest BCUT2D eigenvalue weighted by Gasteiger charge is -2.23. The third kappa shape index (κ3) is 2.35. The van der Waals surface area contributed by atoms with Crippen LogP contribution in [0.1, 0.15) is 44.9 Å². The van der Waals surface area contributed by atoms with E-state index in [9.17, 15) is 4.79 Å². The molecule has 19 heavy (non-hydrogen) atoms. The van der Waals surface area contributed by atoms with Gasteiger partial charge in [0.05, 0.1) is 11.0 Å². The number of imidazole rings is 1. The Kier molecular flexibility index (Phi) is 3.01. The summed E-state index contributed by atoms with van der Waals surface area (Å²) in [5, 5.41) is 2.99. The van der Waals surface area contributed by atoms with Crippen LogP contribution in [0.4, 0.5) is 5.69 Å². The Morgan fingerprint density at radius 2 is 2.21 bits per heavy atom. The first kappa shape index (κ1) is 12.2. The normalized spacial score (nSPS) is 15.7. The molecule has 1 aromatic heterocycles. The minimum absolute atomic E-state index is 0.147. The maximum absolute atomic E-state index is 11.9. The molecule has 1 aliphatic carbocycles. The van der Waals surface area contributed by atoms with Crippen LogP contribution >= 0.6 is 0 Å². The molecule has 1 amide bonds. The quantitative estimate of drug-likeness (QED) is 0.885. The van der Waals surface area contributed by atoms with Crippen molar-refractivity contribution in [2.24, 2.45) is 5.92 Å². The summed E-state index contributed by atoms with van der Waals surface area (Å²) in [6.45, 7) is 4.22. The zero-order valence-electron chi connectivity index (χ0n) is 11.4. The third-order valence-electron chi connectivity index (χ3n) is 3.79. The number of benzene rings is 1. The zero-order chi connectivity index (χ0) is 13.4. The van der Waals surface area contributed by atoms with E-state index < -0.39 is 0 Å². The minimum Gasteiger partial charge on any atom is -0.342 e. The van der Waals surface area contributed by atoms with Gasteiger partial charge < -0.3 is 10.3 Å². The summed E-state index contributed by atoms with van der Waals surface area (Å²) in [4.78, 5) is 19.7. The molecule has 4 nitrogen and oxygen atoms in total. The highest BCUT2D eigenvalue weighted by molar-refractivity contribution is 5.94. The van der Waals surface area contributed by atoms with Crippen LogP contribution in [0.15, 0.2) is 18.2 Å². The molecule has 0 bridgehead atoms. The molecule has 4 heteroatoms.